The van der Waals surface area contributed by atoms with E-state index in [9.17, 15) is 18.0 Å². The Labute approximate surface area is 195 Å². The van der Waals surface area contributed by atoms with E-state index in [0.29, 0.717) is 10.7 Å². The van der Waals surface area contributed by atoms with Crippen LogP contribution in [0, 0.1) is 11.3 Å². The zero-order chi connectivity index (χ0) is 23.8. The normalized spacial score (nSPS) is 10.5. The first-order valence-corrected chi connectivity index (χ1v) is 11.2. The Hall–Kier alpha value is -4.07. The largest absolute Gasteiger partial charge is 0.482 e. The number of nitrogens with one attached hydrogen (secondary N) is 3. The Kier molecular flexibility index (Phi) is 7.50. The van der Waals surface area contributed by atoms with Crippen LogP contribution in [0.25, 0.3) is 0 Å². The number of nitrogens with zero attached hydrogens (tertiary/aromatic N) is 1. The lowest BCUT2D eigenvalue weighted by Crippen LogP contribution is -2.43. The van der Waals surface area contributed by atoms with Crippen LogP contribution >= 0.6 is 11.6 Å². The molecule has 3 aromatic rings. The molecular formula is C22H17ClN4O5S. The van der Waals surface area contributed by atoms with Gasteiger partial charge in [-0.15, -0.1) is 0 Å². The summed E-state index contributed by atoms with van der Waals surface area (Å²) in [5, 5.41) is 9.48. The van der Waals surface area contributed by atoms with Gasteiger partial charge in [0.1, 0.15) is 11.8 Å². The van der Waals surface area contributed by atoms with Crippen molar-refractivity contribution in [2.24, 2.45) is 0 Å². The van der Waals surface area contributed by atoms with Crippen molar-refractivity contribution in [1.29, 1.82) is 5.26 Å². The quantitative estimate of drug-likeness (QED) is 0.441. The van der Waals surface area contributed by atoms with E-state index < -0.39 is 28.4 Å². The third-order valence-corrected chi connectivity index (χ3v) is 5.82. The van der Waals surface area contributed by atoms with Crippen molar-refractivity contribution in [3.63, 3.8) is 0 Å². The number of para-hydroxylation sites is 1. The summed E-state index contributed by atoms with van der Waals surface area (Å²) in [5.41, 5.74) is 4.93. The van der Waals surface area contributed by atoms with E-state index in [2.05, 4.69) is 15.6 Å². The molecule has 0 spiro atoms. The molecule has 168 valence electrons. The van der Waals surface area contributed by atoms with E-state index in [4.69, 9.17) is 21.6 Å². The Balaban J connectivity index is 1.59. The fraction of sp³-hybridized carbons (Fsp3) is 0.0455. The first kappa shape index (κ1) is 23.6. The van der Waals surface area contributed by atoms with Crippen molar-refractivity contribution in [3.8, 4) is 11.8 Å². The highest BCUT2D eigenvalue weighted by atomic mass is 35.5. The van der Waals surface area contributed by atoms with Crippen LogP contribution < -0.4 is 20.3 Å². The van der Waals surface area contributed by atoms with Crippen molar-refractivity contribution in [2.45, 2.75) is 4.90 Å². The van der Waals surface area contributed by atoms with Crippen LogP contribution in [0.3, 0.4) is 0 Å². The number of hydrogen-bond donors (Lipinski definition) is 3. The lowest BCUT2D eigenvalue weighted by Gasteiger charge is -2.11. The van der Waals surface area contributed by atoms with Crippen LogP contribution in [-0.4, -0.2) is 26.8 Å². The molecule has 33 heavy (non-hydrogen) atoms. The summed E-state index contributed by atoms with van der Waals surface area (Å²) in [7, 11) is -3.97. The lowest BCUT2D eigenvalue weighted by molar-refractivity contribution is -0.123. The number of hydrazine groups is 1. The number of carbonyl (C=O) groups excluding carboxylic acids is 2. The van der Waals surface area contributed by atoms with Gasteiger partial charge in [-0.2, -0.15) is 5.26 Å². The monoisotopic (exact) mass is 484 g/mol. The van der Waals surface area contributed by atoms with Gasteiger partial charge < -0.3 is 4.74 Å². The fourth-order valence-electron chi connectivity index (χ4n) is 2.60. The van der Waals surface area contributed by atoms with Crippen molar-refractivity contribution in [2.75, 3.05) is 11.3 Å². The summed E-state index contributed by atoms with van der Waals surface area (Å²) < 4.78 is 32.9. The van der Waals surface area contributed by atoms with Gasteiger partial charge >= 0.3 is 0 Å². The number of amides is 2. The van der Waals surface area contributed by atoms with Gasteiger partial charge in [0.05, 0.1) is 10.5 Å². The van der Waals surface area contributed by atoms with Crippen LogP contribution in [0.1, 0.15) is 15.9 Å². The second kappa shape index (κ2) is 10.5. The summed E-state index contributed by atoms with van der Waals surface area (Å²) in [6.45, 7) is -0.446. The number of sulfonamides is 1. The minimum absolute atomic E-state index is 0.00465. The van der Waals surface area contributed by atoms with Crippen LogP contribution in [0.5, 0.6) is 5.75 Å². The van der Waals surface area contributed by atoms with Gasteiger partial charge in [-0.25, -0.2) is 8.42 Å². The molecule has 3 N–H and O–H groups in total. The minimum Gasteiger partial charge on any atom is -0.482 e. The highest BCUT2D eigenvalue weighted by molar-refractivity contribution is 7.92. The molecule has 0 heterocycles. The standard InChI is InChI=1S/C22H17ClN4O5S/c23-17-8-10-18(11-9-17)27-33(30,31)19-6-3-5-15(12-19)22(29)26-25-21(28)14-32-20-7-2-1-4-16(20)13-24/h1-12,27H,14H2,(H,25,28)(H,26,29). The highest BCUT2D eigenvalue weighted by Gasteiger charge is 2.17. The number of halogens is 1. The van der Waals surface area contributed by atoms with Gasteiger partial charge in [0.25, 0.3) is 21.8 Å². The topological polar surface area (TPSA) is 137 Å². The lowest BCUT2D eigenvalue weighted by atomic mass is 10.2. The molecule has 3 rings (SSSR count). The van der Waals surface area contributed by atoms with Gasteiger partial charge in [0.2, 0.25) is 0 Å². The van der Waals surface area contributed by atoms with Gasteiger partial charge in [0.15, 0.2) is 6.61 Å². The van der Waals surface area contributed by atoms with Crippen molar-refractivity contribution in [1.82, 2.24) is 10.9 Å². The summed E-state index contributed by atoms with van der Waals surface area (Å²) in [5.74, 6) is -1.18. The number of nitriles is 1. The second-order valence-corrected chi connectivity index (χ2v) is 8.66. The molecule has 0 aliphatic carbocycles. The maximum atomic E-state index is 12.6. The van der Waals surface area contributed by atoms with Gasteiger partial charge in [-0.1, -0.05) is 29.8 Å². The molecule has 0 atom stereocenters. The predicted octanol–water partition coefficient (Wildman–Crippen LogP) is 2.85. The summed E-state index contributed by atoms with van der Waals surface area (Å²) in [4.78, 5) is 24.2. The van der Waals surface area contributed by atoms with E-state index in [1.54, 1.807) is 12.1 Å². The molecule has 3 aromatic carbocycles. The van der Waals surface area contributed by atoms with Crippen molar-refractivity contribution >= 4 is 39.1 Å². The molecule has 0 fully saturated rings. The van der Waals surface area contributed by atoms with Gasteiger partial charge in [0, 0.05) is 16.3 Å². The van der Waals surface area contributed by atoms with E-state index in [1.165, 1.54) is 60.7 Å². The second-order valence-electron chi connectivity index (χ2n) is 6.54. The Bertz CT molecular complexity index is 1320. The molecular weight excluding hydrogens is 468 g/mol. The third kappa shape index (κ3) is 6.46. The van der Waals surface area contributed by atoms with Crippen LogP contribution in [-0.2, 0) is 14.8 Å². The number of rotatable bonds is 7. The van der Waals surface area contributed by atoms with Crippen LogP contribution in [0.15, 0.2) is 77.7 Å². The third-order valence-electron chi connectivity index (χ3n) is 4.18. The average molecular weight is 485 g/mol. The van der Waals surface area contributed by atoms with E-state index >= 15 is 0 Å². The molecule has 0 unspecified atom stereocenters. The summed E-state index contributed by atoms with van der Waals surface area (Å²) in [6, 6.07) is 19.7. The molecule has 9 nitrogen and oxygen atoms in total. The zero-order valence-electron chi connectivity index (χ0n) is 16.9. The molecule has 11 heteroatoms. The molecule has 0 bridgehead atoms. The molecule has 2 amide bonds. The number of ether oxygens (including phenoxy) is 1. The Morgan fingerprint density at radius 2 is 1.70 bits per heavy atom. The SMILES string of the molecule is N#Cc1ccccc1OCC(=O)NNC(=O)c1cccc(S(=O)(=O)Nc2ccc(Cl)cc2)c1. The number of anilines is 1. The molecule has 0 aromatic heterocycles. The Morgan fingerprint density at radius 1 is 0.970 bits per heavy atom. The van der Waals surface area contributed by atoms with Crippen molar-refractivity contribution in [3.05, 3.63) is 88.9 Å². The first-order chi connectivity index (χ1) is 15.8. The summed E-state index contributed by atoms with van der Waals surface area (Å²) >= 11 is 5.80. The van der Waals surface area contributed by atoms with Crippen LogP contribution in [0.2, 0.25) is 5.02 Å². The predicted molar refractivity (Wildman–Crippen MR) is 121 cm³/mol. The summed E-state index contributed by atoms with van der Waals surface area (Å²) in [6.07, 6.45) is 0. The van der Waals surface area contributed by atoms with Crippen molar-refractivity contribution < 1.29 is 22.7 Å². The number of carbonyl (C=O) groups is 2. The maximum absolute atomic E-state index is 12.6. The molecule has 0 saturated carbocycles. The van der Waals surface area contributed by atoms with E-state index in [1.807, 2.05) is 6.07 Å². The first-order valence-electron chi connectivity index (χ1n) is 9.38. The van der Waals surface area contributed by atoms with Gasteiger partial charge in [-0.05, 0) is 54.6 Å². The minimum atomic E-state index is -3.97. The zero-order valence-corrected chi connectivity index (χ0v) is 18.5. The fourth-order valence-corrected chi connectivity index (χ4v) is 3.83. The van der Waals surface area contributed by atoms with E-state index in [0.717, 1.165) is 0 Å². The van der Waals surface area contributed by atoms with Crippen LogP contribution in [0.4, 0.5) is 5.69 Å². The molecule has 0 saturated heterocycles. The van der Waals surface area contributed by atoms with E-state index in [-0.39, 0.29) is 21.8 Å². The number of benzene rings is 3. The number of hydrogen-bond acceptors (Lipinski definition) is 6. The smallest absolute Gasteiger partial charge is 0.276 e. The molecule has 0 radical (unpaired) electrons. The molecule has 0 aliphatic heterocycles. The Morgan fingerprint density at radius 3 is 2.42 bits per heavy atom. The average Bonchev–Trinajstić information content (AvgIpc) is 2.82. The maximum Gasteiger partial charge on any atom is 0.276 e. The van der Waals surface area contributed by atoms with Gasteiger partial charge in [-0.3, -0.25) is 25.2 Å². The molecule has 0 aliphatic rings. The highest BCUT2D eigenvalue weighted by Crippen LogP contribution is 2.19.